The molecule has 1 saturated heterocycles. The predicted molar refractivity (Wildman–Crippen MR) is 78.4 cm³/mol. The van der Waals surface area contributed by atoms with Crippen molar-refractivity contribution >= 4 is 22.4 Å². The van der Waals surface area contributed by atoms with E-state index in [0.29, 0.717) is 41.3 Å². The lowest BCUT2D eigenvalue weighted by molar-refractivity contribution is 0.425. The fraction of sp³-hybridized carbons (Fsp3) is 0.692. The third-order valence-corrected chi connectivity index (χ3v) is 6.43. The normalized spacial score (nSPS) is 30.2. The third-order valence-electron chi connectivity index (χ3n) is 4.49. The Morgan fingerprint density at radius 1 is 1.30 bits per heavy atom. The molecule has 0 radical (unpaired) electrons. The zero-order chi connectivity index (χ0) is 13.8. The molecular weight excluding hydrogens is 300 g/mol. The van der Waals surface area contributed by atoms with Crippen LogP contribution in [0.5, 0.6) is 0 Å². The van der Waals surface area contributed by atoms with Crippen LogP contribution in [0, 0.1) is 25.7 Å². The Kier molecular flexibility index (Phi) is 4.22. The second-order valence-electron chi connectivity index (χ2n) is 5.76. The average molecular weight is 321 g/mol. The highest BCUT2D eigenvalue weighted by Crippen LogP contribution is 2.39. The maximum atomic E-state index is 12.6. The number of rotatable bonds is 2. The highest BCUT2D eigenvalue weighted by molar-refractivity contribution is 7.89. The lowest BCUT2D eigenvalue weighted by Gasteiger charge is -2.18. The first kappa shape index (κ1) is 15.8. The number of hydrogen-bond donors (Lipinski definition) is 1. The number of sulfonamides is 1. The number of nitrogens with two attached hydrogens (primary N) is 1. The number of fused-ring (bicyclic) bond motifs is 1. The standard InChI is InChI=1S/C13H20N2O3S.ClH/c1-8-5-13(9(2)18-8)19(16,17)15-6-10-3-4-12(14)11(10)7-15;/h5,10-12H,3-4,6-7,14H2,1-2H3;1H. The topological polar surface area (TPSA) is 76.5 Å². The molecule has 2 fully saturated rings. The summed E-state index contributed by atoms with van der Waals surface area (Å²) in [5, 5.41) is 0. The molecule has 0 amide bonds. The van der Waals surface area contributed by atoms with Gasteiger partial charge >= 0.3 is 0 Å². The van der Waals surface area contributed by atoms with Crippen LogP contribution in [0.1, 0.15) is 24.4 Å². The van der Waals surface area contributed by atoms with Crippen molar-refractivity contribution in [3.63, 3.8) is 0 Å². The Balaban J connectivity index is 0.00000147. The Morgan fingerprint density at radius 2 is 2.00 bits per heavy atom. The first-order chi connectivity index (χ1) is 8.89. The van der Waals surface area contributed by atoms with E-state index >= 15 is 0 Å². The molecule has 2 N–H and O–H groups in total. The van der Waals surface area contributed by atoms with E-state index in [-0.39, 0.29) is 18.4 Å². The van der Waals surface area contributed by atoms with E-state index in [2.05, 4.69) is 0 Å². The number of furan rings is 1. The van der Waals surface area contributed by atoms with Gasteiger partial charge in [0.15, 0.2) is 0 Å². The van der Waals surface area contributed by atoms with Crippen molar-refractivity contribution < 1.29 is 12.8 Å². The third kappa shape index (κ3) is 2.39. The molecule has 114 valence electrons. The zero-order valence-corrected chi connectivity index (χ0v) is 13.3. The van der Waals surface area contributed by atoms with E-state index in [1.165, 1.54) is 0 Å². The van der Waals surface area contributed by atoms with Gasteiger partial charge in [-0.05, 0) is 44.6 Å². The summed E-state index contributed by atoms with van der Waals surface area (Å²) in [7, 11) is -3.43. The van der Waals surface area contributed by atoms with E-state index in [1.807, 2.05) is 0 Å². The molecule has 0 bridgehead atoms. The molecule has 1 aliphatic carbocycles. The summed E-state index contributed by atoms with van der Waals surface area (Å²) in [4.78, 5) is 0.304. The van der Waals surface area contributed by atoms with Crippen molar-refractivity contribution in [1.29, 1.82) is 0 Å². The van der Waals surface area contributed by atoms with Crippen LogP contribution >= 0.6 is 12.4 Å². The Labute approximate surface area is 126 Å². The van der Waals surface area contributed by atoms with Crippen LogP contribution in [0.3, 0.4) is 0 Å². The van der Waals surface area contributed by atoms with E-state index in [0.717, 1.165) is 12.8 Å². The molecule has 1 saturated carbocycles. The van der Waals surface area contributed by atoms with Crippen molar-refractivity contribution in [1.82, 2.24) is 4.31 Å². The second kappa shape index (κ2) is 5.33. The molecule has 3 rings (SSSR count). The quantitative estimate of drug-likeness (QED) is 0.899. The molecule has 7 heteroatoms. The molecule has 1 aromatic heterocycles. The van der Waals surface area contributed by atoms with Crippen LogP contribution in [-0.2, 0) is 10.0 Å². The largest absolute Gasteiger partial charge is 0.465 e. The first-order valence-corrected chi connectivity index (χ1v) is 8.16. The number of halogens is 1. The van der Waals surface area contributed by atoms with Gasteiger partial charge in [-0.25, -0.2) is 8.42 Å². The summed E-state index contributed by atoms with van der Waals surface area (Å²) in [6.07, 6.45) is 2.06. The fourth-order valence-electron chi connectivity index (χ4n) is 3.47. The van der Waals surface area contributed by atoms with Crippen LogP contribution in [0.2, 0.25) is 0 Å². The monoisotopic (exact) mass is 320 g/mol. The van der Waals surface area contributed by atoms with Crippen LogP contribution in [0.4, 0.5) is 0 Å². The van der Waals surface area contributed by atoms with Gasteiger partial charge in [0.1, 0.15) is 16.4 Å². The average Bonchev–Trinajstić information content (AvgIpc) is 2.96. The van der Waals surface area contributed by atoms with Gasteiger partial charge in [-0.1, -0.05) is 0 Å². The highest BCUT2D eigenvalue weighted by Gasteiger charge is 2.45. The van der Waals surface area contributed by atoms with Crippen molar-refractivity contribution in [2.24, 2.45) is 17.6 Å². The minimum Gasteiger partial charge on any atom is -0.465 e. The summed E-state index contributed by atoms with van der Waals surface area (Å²) in [6, 6.07) is 1.76. The van der Waals surface area contributed by atoms with E-state index in [4.69, 9.17) is 10.2 Å². The highest BCUT2D eigenvalue weighted by atomic mass is 35.5. The molecule has 1 aromatic rings. The van der Waals surface area contributed by atoms with Crippen molar-refractivity contribution in [3.05, 3.63) is 17.6 Å². The first-order valence-electron chi connectivity index (χ1n) is 6.72. The minimum absolute atomic E-state index is 0. The molecule has 0 spiro atoms. The molecule has 20 heavy (non-hydrogen) atoms. The predicted octanol–water partition coefficient (Wildman–Crippen LogP) is 1.68. The molecule has 2 heterocycles. The van der Waals surface area contributed by atoms with Crippen molar-refractivity contribution in [3.8, 4) is 0 Å². The van der Waals surface area contributed by atoms with Gasteiger partial charge < -0.3 is 10.2 Å². The van der Waals surface area contributed by atoms with Crippen molar-refractivity contribution in [2.45, 2.75) is 37.6 Å². The Bertz CT molecular complexity index is 599. The number of nitrogens with zero attached hydrogens (tertiary/aromatic N) is 1. The summed E-state index contributed by atoms with van der Waals surface area (Å²) in [6.45, 7) is 4.62. The molecular formula is C13H21ClN2O3S. The molecule has 3 unspecified atom stereocenters. The molecule has 1 aliphatic heterocycles. The van der Waals surface area contributed by atoms with Gasteiger partial charge in [-0.15, -0.1) is 12.4 Å². The van der Waals surface area contributed by atoms with E-state index in [9.17, 15) is 8.42 Å². The molecule has 3 atom stereocenters. The fourth-order valence-corrected chi connectivity index (χ4v) is 5.22. The smallest absolute Gasteiger partial charge is 0.246 e. The lowest BCUT2D eigenvalue weighted by atomic mass is 9.98. The van der Waals surface area contributed by atoms with Crippen LogP contribution < -0.4 is 5.73 Å². The molecule has 5 nitrogen and oxygen atoms in total. The summed E-state index contributed by atoms with van der Waals surface area (Å²) in [5.41, 5.74) is 6.06. The van der Waals surface area contributed by atoms with Gasteiger partial charge in [-0.3, -0.25) is 0 Å². The Morgan fingerprint density at radius 3 is 2.55 bits per heavy atom. The van der Waals surface area contributed by atoms with Gasteiger partial charge in [-0.2, -0.15) is 4.31 Å². The van der Waals surface area contributed by atoms with Crippen LogP contribution in [-0.4, -0.2) is 31.9 Å². The summed E-state index contributed by atoms with van der Waals surface area (Å²) in [5.74, 6) is 1.85. The SMILES string of the molecule is Cc1cc(S(=O)(=O)N2CC3CCC(N)C3C2)c(C)o1.Cl. The lowest BCUT2D eigenvalue weighted by Crippen LogP contribution is -2.33. The zero-order valence-electron chi connectivity index (χ0n) is 11.7. The maximum absolute atomic E-state index is 12.6. The van der Waals surface area contributed by atoms with Gasteiger partial charge in [0.25, 0.3) is 0 Å². The van der Waals surface area contributed by atoms with E-state index in [1.54, 1.807) is 24.2 Å². The van der Waals surface area contributed by atoms with Crippen LogP contribution in [0.15, 0.2) is 15.4 Å². The minimum atomic E-state index is -3.43. The van der Waals surface area contributed by atoms with Crippen LogP contribution in [0.25, 0.3) is 0 Å². The van der Waals surface area contributed by atoms with Gasteiger partial charge in [0.05, 0.1) is 0 Å². The van der Waals surface area contributed by atoms with Gasteiger partial charge in [0.2, 0.25) is 10.0 Å². The van der Waals surface area contributed by atoms with Gasteiger partial charge in [0, 0.05) is 19.1 Å². The van der Waals surface area contributed by atoms with E-state index < -0.39 is 10.0 Å². The molecule has 2 aliphatic rings. The number of hydrogen-bond acceptors (Lipinski definition) is 4. The Hall–Kier alpha value is -0.560. The second-order valence-corrected chi connectivity index (χ2v) is 7.67. The van der Waals surface area contributed by atoms with Crippen molar-refractivity contribution in [2.75, 3.05) is 13.1 Å². The summed E-state index contributed by atoms with van der Waals surface area (Å²) >= 11 is 0. The molecule has 0 aromatic carbocycles. The maximum Gasteiger partial charge on any atom is 0.246 e. The summed E-state index contributed by atoms with van der Waals surface area (Å²) < 4.78 is 32.2. The number of aryl methyl sites for hydroxylation is 2.